The van der Waals surface area contributed by atoms with E-state index in [0.717, 1.165) is 22.2 Å². The number of aliphatic carboxylic acids is 1. The highest BCUT2D eigenvalue weighted by Crippen LogP contribution is 2.20. The van der Waals surface area contributed by atoms with Crippen LogP contribution in [-0.4, -0.2) is 29.6 Å². The summed E-state index contributed by atoms with van der Waals surface area (Å²) in [5.74, 6) is -3.99. The normalized spacial score (nSPS) is 11.7. The second kappa shape index (κ2) is 8.75. The molecular formula is C18H17BrF2N2O3. The number of rotatable bonds is 7. The number of nitrogens with one attached hydrogen (secondary N) is 2. The highest BCUT2D eigenvalue weighted by Gasteiger charge is 2.20. The first-order valence-electron chi connectivity index (χ1n) is 7.79. The lowest BCUT2D eigenvalue weighted by atomic mass is 10.1. The average Bonchev–Trinajstić information content (AvgIpc) is 2.59. The molecule has 8 heteroatoms. The third kappa shape index (κ3) is 5.26. The van der Waals surface area contributed by atoms with Gasteiger partial charge in [-0.1, -0.05) is 28.1 Å². The van der Waals surface area contributed by atoms with Crippen LogP contribution < -0.4 is 10.6 Å². The monoisotopic (exact) mass is 426 g/mol. The Bertz CT molecular complexity index is 813. The third-order valence-corrected chi connectivity index (χ3v) is 4.19. The Balaban J connectivity index is 2.02. The van der Waals surface area contributed by atoms with Gasteiger partial charge < -0.3 is 15.7 Å². The summed E-state index contributed by atoms with van der Waals surface area (Å²) in [5, 5.41) is 13.6. The predicted octanol–water partition coefficient (Wildman–Crippen LogP) is 3.58. The van der Waals surface area contributed by atoms with E-state index in [1.54, 1.807) is 0 Å². The van der Waals surface area contributed by atoms with Crippen LogP contribution in [0.15, 0.2) is 40.9 Å². The molecule has 0 radical (unpaired) electrons. The van der Waals surface area contributed by atoms with E-state index >= 15 is 0 Å². The highest BCUT2D eigenvalue weighted by atomic mass is 79.9. The van der Waals surface area contributed by atoms with E-state index in [1.807, 2.05) is 24.3 Å². The van der Waals surface area contributed by atoms with Crippen LogP contribution in [-0.2, 0) is 11.2 Å². The van der Waals surface area contributed by atoms with Crippen molar-refractivity contribution in [1.82, 2.24) is 5.32 Å². The van der Waals surface area contributed by atoms with E-state index < -0.39 is 35.1 Å². The lowest BCUT2D eigenvalue weighted by Gasteiger charge is -2.12. The largest absolute Gasteiger partial charge is 0.480 e. The molecule has 0 aliphatic carbocycles. The number of amides is 1. The zero-order valence-electron chi connectivity index (χ0n) is 13.9. The third-order valence-electron chi connectivity index (χ3n) is 3.66. The van der Waals surface area contributed by atoms with Gasteiger partial charge in [-0.3, -0.25) is 9.59 Å². The van der Waals surface area contributed by atoms with E-state index in [-0.39, 0.29) is 5.69 Å². The topological polar surface area (TPSA) is 78.4 Å². The second-order valence-electron chi connectivity index (χ2n) is 5.65. The minimum atomic E-state index is -1.27. The van der Waals surface area contributed by atoms with Gasteiger partial charge in [0.2, 0.25) is 0 Å². The molecule has 0 aliphatic heterocycles. The van der Waals surface area contributed by atoms with E-state index in [4.69, 9.17) is 5.11 Å². The number of carbonyl (C=O) groups is 2. The first-order valence-corrected chi connectivity index (χ1v) is 8.58. The maximum atomic E-state index is 14.1. The average molecular weight is 427 g/mol. The maximum absolute atomic E-state index is 14.1. The van der Waals surface area contributed by atoms with E-state index in [9.17, 15) is 18.4 Å². The number of hydrogen-bond donors (Lipinski definition) is 3. The van der Waals surface area contributed by atoms with Crippen molar-refractivity contribution in [3.63, 3.8) is 0 Å². The van der Waals surface area contributed by atoms with Crippen molar-refractivity contribution < 1.29 is 23.5 Å². The molecule has 3 N–H and O–H groups in total. The van der Waals surface area contributed by atoms with Crippen LogP contribution >= 0.6 is 15.9 Å². The maximum Gasteiger partial charge on any atom is 0.325 e. The zero-order valence-corrected chi connectivity index (χ0v) is 15.4. The van der Waals surface area contributed by atoms with Gasteiger partial charge in [0.25, 0.3) is 5.91 Å². The van der Waals surface area contributed by atoms with Gasteiger partial charge in [0.1, 0.15) is 17.7 Å². The van der Waals surface area contributed by atoms with Gasteiger partial charge in [0.15, 0.2) is 0 Å². The quantitative estimate of drug-likeness (QED) is 0.632. The van der Waals surface area contributed by atoms with Crippen LogP contribution in [0.4, 0.5) is 14.5 Å². The van der Waals surface area contributed by atoms with Crippen molar-refractivity contribution in [2.24, 2.45) is 0 Å². The number of carboxylic acids is 1. The molecule has 5 nitrogen and oxygen atoms in total. The van der Waals surface area contributed by atoms with Crippen molar-refractivity contribution in [1.29, 1.82) is 0 Å². The fourth-order valence-corrected chi connectivity index (χ4v) is 2.45. The lowest BCUT2D eigenvalue weighted by molar-refractivity contribution is -0.138. The smallest absolute Gasteiger partial charge is 0.325 e. The van der Waals surface area contributed by atoms with Crippen molar-refractivity contribution in [2.45, 2.75) is 19.4 Å². The molecule has 0 saturated heterocycles. The minimum absolute atomic E-state index is 0.0672. The molecule has 0 aliphatic rings. The summed E-state index contributed by atoms with van der Waals surface area (Å²) < 4.78 is 29.2. The van der Waals surface area contributed by atoms with Crippen LogP contribution in [0.5, 0.6) is 0 Å². The molecule has 0 saturated carbocycles. The van der Waals surface area contributed by atoms with Gasteiger partial charge in [-0.05, 0) is 37.1 Å². The van der Waals surface area contributed by atoms with Gasteiger partial charge in [-0.25, -0.2) is 8.78 Å². The molecule has 0 spiro atoms. The SMILES string of the molecule is C[C@@H](NC(=O)c1cc(F)c(NCCc2ccc(Br)cc2)cc1F)C(=O)O. The molecule has 0 unspecified atom stereocenters. The molecule has 0 heterocycles. The van der Waals surface area contributed by atoms with Gasteiger partial charge >= 0.3 is 5.97 Å². The number of carboxylic acid groups (broad SMARTS) is 1. The van der Waals surface area contributed by atoms with Crippen LogP contribution in [0, 0.1) is 11.6 Å². The second-order valence-corrected chi connectivity index (χ2v) is 6.56. The molecule has 0 bridgehead atoms. The summed E-state index contributed by atoms with van der Waals surface area (Å²) in [6.45, 7) is 1.60. The van der Waals surface area contributed by atoms with E-state index in [1.165, 1.54) is 6.92 Å². The fourth-order valence-electron chi connectivity index (χ4n) is 2.19. The first kappa shape index (κ1) is 19.8. The summed E-state index contributed by atoms with van der Waals surface area (Å²) in [6.07, 6.45) is 0.604. The highest BCUT2D eigenvalue weighted by molar-refractivity contribution is 9.10. The van der Waals surface area contributed by atoms with Crippen molar-refractivity contribution in [2.75, 3.05) is 11.9 Å². The molecule has 26 heavy (non-hydrogen) atoms. The Labute approximate surface area is 157 Å². The Morgan fingerprint density at radius 1 is 1.15 bits per heavy atom. The summed E-state index contributed by atoms with van der Waals surface area (Å²) in [5.41, 5.74) is 0.414. The van der Waals surface area contributed by atoms with Crippen LogP contribution in [0.25, 0.3) is 0 Å². The standard InChI is InChI=1S/C18H17BrF2N2O3/c1-10(18(25)26)23-17(24)13-8-15(21)16(9-14(13)20)22-7-6-11-2-4-12(19)5-3-11/h2-5,8-10,22H,6-7H2,1H3,(H,23,24)(H,25,26)/t10-/m1/s1. The molecular weight excluding hydrogens is 410 g/mol. The summed E-state index contributed by atoms with van der Waals surface area (Å²) in [6, 6.07) is 8.04. The van der Waals surface area contributed by atoms with Gasteiger partial charge in [0, 0.05) is 17.1 Å². The van der Waals surface area contributed by atoms with Gasteiger partial charge in [-0.2, -0.15) is 0 Å². The number of halogens is 3. The zero-order chi connectivity index (χ0) is 19.3. The molecule has 1 atom stereocenters. The fraction of sp³-hybridized carbons (Fsp3) is 0.222. The Morgan fingerprint density at radius 2 is 1.81 bits per heavy atom. The Kier molecular flexibility index (Phi) is 6.68. The van der Waals surface area contributed by atoms with Crippen LogP contribution in [0.2, 0.25) is 0 Å². The van der Waals surface area contributed by atoms with Crippen molar-refractivity contribution in [3.8, 4) is 0 Å². The first-order chi connectivity index (χ1) is 12.3. The number of hydrogen-bond acceptors (Lipinski definition) is 3. The number of anilines is 1. The van der Waals surface area contributed by atoms with E-state index in [2.05, 4.69) is 26.6 Å². The van der Waals surface area contributed by atoms with Crippen LogP contribution in [0.3, 0.4) is 0 Å². The summed E-state index contributed by atoms with van der Waals surface area (Å²) in [7, 11) is 0. The van der Waals surface area contributed by atoms with Gasteiger partial charge in [0.05, 0.1) is 11.3 Å². The number of benzene rings is 2. The summed E-state index contributed by atoms with van der Waals surface area (Å²) in [4.78, 5) is 22.6. The Hall–Kier alpha value is -2.48. The molecule has 2 aromatic carbocycles. The lowest BCUT2D eigenvalue weighted by Crippen LogP contribution is -2.38. The van der Waals surface area contributed by atoms with Gasteiger partial charge in [-0.15, -0.1) is 0 Å². The van der Waals surface area contributed by atoms with Crippen molar-refractivity contribution >= 4 is 33.5 Å². The molecule has 2 aromatic rings. The molecule has 2 rings (SSSR count). The molecule has 0 aromatic heterocycles. The van der Waals surface area contributed by atoms with Crippen molar-refractivity contribution in [3.05, 3.63) is 63.6 Å². The van der Waals surface area contributed by atoms with E-state index in [0.29, 0.717) is 13.0 Å². The number of carbonyl (C=O) groups excluding carboxylic acids is 1. The molecule has 0 fully saturated rings. The molecule has 138 valence electrons. The Morgan fingerprint density at radius 3 is 2.42 bits per heavy atom. The van der Waals surface area contributed by atoms with Crippen LogP contribution in [0.1, 0.15) is 22.8 Å². The summed E-state index contributed by atoms with van der Waals surface area (Å²) >= 11 is 3.34. The minimum Gasteiger partial charge on any atom is -0.480 e. The molecule has 1 amide bonds. The predicted molar refractivity (Wildman–Crippen MR) is 97.3 cm³/mol.